The zero-order valence-electron chi connectivity index (χ0n) is 8.98. The number of nitrogens with two attached hydrogens (primary N) is 1. The Balaban J connectivity index is 2.66. The maximum Gasteiger partial charge on any atom is 0.0133 e. The van der Waals surface area contributed by atoms with Crippen molar-refractivity contribution in [2.45, 2.75) is 58.9 Å². The molecule has 72 valence electrons. The predicted octanol–water partition coefficient (Wildman–Crippen LogP) is 2.94. The molecule has 0 spiro atoms. The van der Waals surface area contributed by atoms with E-state index in [0.29, 0.717) is 5.41 Å². The molecule has 0 heterocycles. The Morgan fingerprint density at radius 2 is 1.83 bits per heavy atom. The minimum atomic E-state index is 0.0857. The Bertz CT molecular complexity index is 142. The van der Waals surface area contributed by atoms with Crippen molar-refractivity contribution >= 4 is 0 Å². The van der Waals surface area contributed by atoms with Crippen LogP contribution in [0.25, 0.3) is 0 Å². The molecule has 0 saturated heterocycles. The van der Waals surface area contributed by atoms with Crippen LogP contribution >= 0.6 is 0 Å². The van der Waals surface area contributed by atoms with Crippen molar-refractivity contribution in [3.63, 3.8) is 0 Å². The van der Waals surface area contributed by atoms with E-state index in [9.17, 15) is 0 Å². The van der Waals surface area contributed by atoms with Gasteiger partial charge in [0.15, 0.2) is 0 Å². The fourth-order valence-electron chi connectivity index (χ4n) is 3.04. The van der Waals surface area contributed by atoms with Crippen molar-refractivity contribution in [1.29, 1.82) is 0 Å². The third-order valence-electron chi connectivity index (χ3n) is 3.06. The molecule has 0 aromatic rings. The summed E-state index contributed by atoms with van der Waals surface area (Å²) in [7, 11) is 0. The molecule has 1 heteroatoms. The van der Waals surface area contributed by atoms with Gasteiger partial charge in [0.05, 0.1) is 0 Å². The van der Waals surface area contributed by atoms with Crippen molar-refractivity contribution in [2.75, 3.05) is 0 Å². The second-order valence-corrected chi connectivity index (χ2v) is 5.68. The van der Waals surface area contributed by atoms with Crippen LogP contribution in [-0.2, 0) is 0 Å². The first kappa shape index (κ1) is 10.0. The smallest absolute Gasteiger partial charge is 0.0133 e. The van der Waals surface area contributed by atoms with E-state index in [1.165, 1.54) is 25.7 Å². The summed E-state index contributed by atoms with van der Waals surface area (Å²) in [6.07, 6.45) is 5.04. The van der Waals surface area contributed by atoms with Gasteiger partial charge in [-0.05, 0) is 37.5 Å². The van der Waals surface area contributed by atoms with Gasteiger partial charge in [0.2, 0.25) is 0 Å². The lowest BCUT2D eigenvalue weighted by Crippen LogP contribution is -2.47. The quantitative estimate of drug-likeness (QED) is 0.641. The zero-order chi connectivity index (χ0) is 9.41. The van der Waals surface area contributed by atoms with E-state index in [2.05, 4.69) is 27.7 Å². The first-order valence-corrected chi connectivity index (χ1v) is 5.13. The van der Waals surface area contributed by atoms with Crippen LogP contribution in [0.4, 0.5) is 0 Å². The molecule has 0 radical (unpaired) electrons. The highest BCUT2D eigenvalue weighted by Crippen LogP contribution is 2.43. The first-order chi connectivity index (χ1) is 5.35. The number of hydrogen-bond donors (Lipinski definition) is 1. The molecule has 0 bridgehead atoms. The maximum absolute atomic E-state index is 6.22. The molecule has 0 aromatic carbocycles. The fourth-order valence-corrected chi connectivity index (χ4v) is 3.04. The summed E-state index contributed by atoms with van der Waals surface area (Å²) < 4.78 is 0. The molecule has 12 heavy (non-hydrogen) atoms. The summed E-state index contributed by atoms with van der Waals surface area (Å²) in [6, 6.07) is 0. The van der Waals surface area contributed by atoms with Gasteiger partial charge in [0, 0.05) is 5.54 Å². The molecule has 1 aliphatic carbocycles. The average molecular weight is 169 g/mol. The van der Waals surface area contributed by atoms with Crippen LogP contribution in [-0.4, -0.2) is 5.54 Å². The first-order valence-electron chi connectivity index (χ1n) is 5.13. The molecule has 0 aliphatic heterocycles. The van der Waals surface area contributed by atoms with Gasteiger partial charge in [-0.15, -0.1) is 0 Å². The maximum atomic E-state index is 6.22. The molecular weight excluding hydrogens is 146 g/mol. The van der Waals surface area contributed by atoms with E-state index in [1.807, 2.05) is 0 Å². The predicted molar refractivity (Wildman–Crippen MR) is 54.0 cm³/mol. The van der Waals surface area contributed by atoms with E-state index in [4.69, 9.17) is 5.73 Å². The lowest BCUT2D eigenvalue weighted by atomic mass is 9.64. The van der Waals surface area contributed by atoms with Gasteiger partial charge >= 0.3 is 0 Å². The van der Waals surface area contributed by atoms with Gasteiger partial charge in [-0.25, -0.2) is 0 Å². The van der Waals surface area contributed by atoms with Crippen LogP contribution < -0.4 is 5.73 Å². The van der Waals surface area contributed by atoms with Crippen LogP contribution in [0.1, 0.15) is 53.4 Å². The molecule has 1 aliphatic rings. The Morgan fingerprint density at radius 1 is 1.25 bits per heavy atom. The van der Waals surface area contributed by atoms with E-state index < -0.39 is 0 Å². The van der Waals surface area contributed by atoms with Crippen LogP contribution in [0.15, 0.2) is 0 Å². The lowest BCUT2D eigenvalue weighted by Gasteiger charge is -2.44. The van der Waals surface area contributed by atoms with E-state index >= 15 is 0 Å². The van der Waals surface area contributed by atoms with E-state index in [1.54, 1.807) is 0 Å². The number of rotatable bonds is 1. The van der Waals surface area contributed by atoms with Crippen LogP contribution in [0.5, 0.6) is 0 Å². The topological polar surface area (TPSA) is 26.0 Å². The molecule has 2 N–H and O–H groups in total. The average Bonchev–Trinajstić information content (AvgIpc) is 1.80. The van der Waals surface area contributed by atoms with Crippen LogP contribution in [0.2, 0.25) is 0 Å². The standard InChI is InChI=1S/C11H23N/c1-5-9-6-10(2,3)8-11(4,12)7-9/h9H,5-8,12H2,1-4H3/t9-,11+/m1/s1. The molecule has 1 fully saturated rings. The minimum absolute atomic E-state index is 0.0857. The Labute approximate surface area is 76.7 Å². The van der Waals surface area contributed by atoms with Gasteiger partial charge < -0.3 is 5.73 Å². The summed E-state index contributed by atoms with van der Waals surface area (Å²) in [5, 5.41) is 0. The molecule has 2 atom stereocenters. The third-order valence-corrected chi connectivity index (χ3v) is 3.06. The Hall–Kier alpha value is -0.0400. The van der Waals surface area contributed by atoms with Crippen molar-refractivity contribution in [3.05, 3.63) is 0 Å². The molecule has 0 unspecified atom stereocenters. The Kier molecular flexibility index (Phi) is 2.53. The molecular formula is C11H23N. The van der Waals surface area contributed by atoms with Crippen molar-refractivity contribution < 1.29 is 0 Å². The largest absolute Gasteiger partial charge is 0.325 e. The monoisotopic (exact) mass is 169 g/mol. The van der Waals surface area contributed by atoms with E-state index in [-0.39, 0.29) is 5.54 Å². The molecule has 1 nitrogen and oxygen atoms in total. The normalized spacial score (nSPS) is 41.2. The summed E-state index contributed by atoms with van der Waals surface area (Å²) in [4.78, 5) is 0. The molecule has 1 saturated carbocycles. The van der Waals surface area contributed by atoms with Crippen molar-refractivity contribution in [1.82, 2.24) is 0 Å². The second-order valence-electron chi connectivity index (χ2n) is 5.68. The van der Waals surface area contributed by atoms with Gasteiger partial charge in [-0.1, -0.05) is 27.2 Å². The SMILES string of the molecule is CC[C@@H]1CC(C)(C)C[C@@](C)(N)C1. The molecule has 0 amide bonds. The fraction of sp³-hybridized carbons (Fsp3) is 1.00. The summed E-state index contributed by atoms with van der Waals surface area (Å²) in [6.45, 7) is 9.18. The highest BCUT2D eigenvalue weighted by molar-refractivity contribution is 4.94. The lowest BCUT2D eigenvalue weighted by molar-refractivity contribution is 0.108. The van der Waals surface area contributed by atoms with E-state index in [0.717, 1.165) is 5.92 Å². The van der Waals surface area contributed by atoms with Gasteiger partial charge in [-0.2, -0.15) is 0 Å². The highest BCUT2D eigenvalue weighted by atomic mass is 14.7. The van der Waals surface area contributed by atoms with Crippen molar-refractivity contribution in [2.24, 2.45) is 17.1 Å². The van der Waals surface area contributed by atoms with Gasteiger partial charge in [-0.3, -0.25) is 0 Å². The van der Waals surface area contributed by atoms with Crippen molar-refractivity contribution in [3.8, 4) is 0 Å². The van der Waals surface area contributed by atoms with Crippen LogP contribution in [0.3, 0.4) is 0 Å². The Morgan fingerprint density at radius 3 is 2.25 bits per heavy atom. The molecule has 0 aromatic heterocycles. The third kappa shape index (κ3) is 2.48. The second kappa shape index (κ2) is 3.02. The summed E-state index contributed by atoms with van der Waals surface area (Å²) in [5.41, 5.74) is 6.77. The summed E-state index contributed by atoms with van der Waals surface area (Å²) in [5.74, 6) is 0.851. The van der Waals surface area contributed by atoms with Gasteiger partial charge in [0.1, 0.15) is 0 Å². The zero-order valence-corrected chi connectivity index (χ0v) is 8.98. The minimum Gasteiger partial charge on any atom is -0.325 e. The number of hydrogen-bond acceptors (Lipinski definition) is 1. The van der Waals surface area contributed by atoms with Crippen LogP contribution in [0, 0.1) is 11.3 Å². The van der Waals surface area contributed by atoms with Gasteiger partial charge in [0.25, 0.3) is 0 Å². The highest BCUT2D eigenvalue weighted by Gasteiger charge is 2.37. The summed E-state index contributed by atoms with van der Waals surface area (Å²) >= 11 is 0. The molecule has 1 rings (SSSR count).